The minimum Gasteiger partial charge on any atom is -0.311 e. The highest BCUT2D eigenvalue weighted by Crippen LogP contribution is 2.14. The summed E-state index contributed by atoms with van der Waals surface area (Å²) in [6, 6.07) is 1.77. The Morgan fingerprint density at radius 1 is 1.69 bits per heavy atom. The van der Waals surface area contributed by atoms with Gasteiger partial charge in [-0.2, -0.15) is 0 Å². The second kappa shape index (κ2) is 4.18. The van der Waals surface area contributed by atoms with Crippen LogP contribution in [0.5, 0.6) is 0 Å². The molecule has 1 heterocycles. The molecule has 4 heteroatoms. The first-order valence-electron chi connectivity index (χ1n) is 4.08. The number of hydrogen-bond donors (Lipinski definition) is 2. The Kier molecular flexibility index (Phi) is 3.19. The van der Waals surface area contributed by atoms with Gasteiger partial charge in [0.25, 0.3) is 0 Å². The molecule has 0 spiro atoms. The van der Waals surface area contributed by atoms with Crippen LogP contribution in [0.15, 0.2) is 23.5 Å². The molecule has 0 saturated heterocycles. The Bertz CT molecular complexity index is 376. The van der Waals surface area contributed by atoms with Gasteiger partial charge in [-0.05, 0) is 18.4 Å². The van der Waals surface area contributed by atoms with Crippen LogP contribution in [0.2, 0.25) is 0 Å². The van der Waals surface area contributed by atoms with Gasteiger partial charge in [-0.25, -0.2) is 4.79 Å². The lowest BCUT2D eigenvalue weighted by molar-refractivity contribution is 0.736. The Hall–Kier alpha value is -1.16. The summed E-state index contributed by atoms with van der Waals surface area (Å²) in [5.41, 5.74) is 0.604. The third-order valence-corrected chi connectivity index (χ3v) is 2.05. The molecule has 0 aromatic carbocycles. The predicted molar refractivity (Wildman–Crippen MR) is 55.5 cm³/mol. The number of aromatic amines is 2. The quantitative estimate of drug-likeness (QED) is 0.574. The van der Waals surface area contributed by atoms with Crippen molar-refractivity contribution in [3.63, 3.8) is 0 Å². The summed E-state index contributed by atoms with van der Waals surface area (Å²) >= 11 is 4.89. The molecule has 0 bridgehead atoms. The molecule has 0 aliphatic heterocycles. The van der Waals surface area contributed by atoms with E-state index in [0.29, 0.717) is 4.64 Å². The van der Waals surface area contributed by atoms with Crippen molar-refractivity contribution in [3.8, 4) is 0 Å². The molecule has 1 unspecified atom stereocenters. The maximum Gasteiger partial charge on any atom is 0.324 e. The highest BCUT2D eigenvalue weighted by molar-refractivity contribution is 7.71. The van der Waals surface area contributed by atoms with Gasteiger partial charge in [0.15, 0.2) is 0 Å². The lowest BCUT2D eigenvalue weighted by atomic mass is 10.0. The Labute approximate surface area is 81.5 Å². The minimum atomic E-state index is -0.251. The van der Waals surface area contributed by atoms with Gasteiger partial charge in [-0.3, -0.25) is 4.98 Å². The van der Waals surface area contributed by atoms with E-state index >= 15 is 0 Å². The molecule has 2 N–H and O–H groups in total. The fourth-order valence-electron chi connectivity index (χ4n) is 1.13. The van der Waals surface area contributed by atoms with Crippen LogP contribution in [0.1, 0.15) is 25.0 Å². The zero-order valence-corrected chi connectivity index (χ0v) is 8.28. The molecule has 0 saturated carbocycles. The first-order valence-corrected chi connectivity index (χ1v) is 4.48. The van der Waals surface area contributed by atoms with Crippen LogP contribution in [0.3, 0.4) is 0 Å². The van der Waals surface area contributed by atoms with Gasteiger partial charge in [-0.1, -0.05) is 25.2 Å². The topological polar surface area (TPSA) is 48.6 Å². The van der Waals surface area contributed by atoms with E-state index in [9.17, 15) is 4.79 Å². The zero-order chi connectivity index (χ0) is 9.84. The van der Waals surface area contributed by atoms with Crippen LogP contribution in [-0.4, -0.2) is 9.97 Å². The van der Waals surface area contributed by atoms with Gasteiger partial charge < -0.3 is 4.98 Å². The van der Waals surface area contributed by atoms with Crippen molar-refractivity contribution < 1.29 is 0 Å². The van der Waals surface area contributed by atoms with E-state index < -0.39 is 0 Å². The summed E-state index contributed by atoms with van der Waals surface area (Å²) in [5, 5.41) is 0. The van der Waals surface area contributed by atoms with E-state index in [1.54, 1.807) is 6.07 Å². The molecular weight excluding hydrogens is 184 g/mol. The predicted octanol–water partition coefficient (Wildman–Crippen LogP) is 2.11. The Morgan fingerprint density at radius 3 is 2.92 bits per heavy atom. The number of nitrogens with one attached hydrogen (secondary N) is 2. The monoisotopic (exact) mass is 196 g/mol. The average molecular weight is 196 g/mol. The van der Waals surface area contributed by atoms with Crippen LogP contribution in [0, 0.1) is 4.64 Å². The smallest absolute Gasteiger partial charge is 0.311 e. The average Bonchev–Trinajstić information content (AvgIpc) is 2.03. The lowest BCUT2D eigenvalue weighted by Crippen LogP contribution is -2.13. The molecule has 3 nitrogen and oxygen atoms in total. The van der Waals surface area contributed by atoms with Crippen molar-refractivity contribution in [2.45, 2.75) is 19.3 Å². The summed E-state index contributed by atoms with van der Waals surface area (Å²) in [5.74, 6) is 0.251. The number of aromatic nitrogens is 2. The normalized spacial score (nSPS) is 12.4. The number of allylic oxidation sites excluding steroid dienone is 1. The molecule has 0 radical (unpaired) electrons. The summed E-state index contributed by atoms with van der Waals surface area (Å²) in [4.78, 5) is 16.2. The minimum absolute atomic E-state index is 0.251. The van der Waals surface area contributed by atoms with Crippen molar-refractivity contribution in [2.75, 3.05) is 0 Å². The molecule has 1 rings (SSSR count). The van der Waals surface area contributed by atoms with E-state index in [0.717, 1.165) is 12.1 Å². The largest absolute Gasteiger partial charge is 0.324 e. The zero-order valence-electron chi connectivity index (χ0n) is 7.46. The van der Waals surface area contributed by atoms with Crippen LogP contribution in [0.25, 0.3) is 0 Å². The fraction of sp³-hybridized carbons (Fsp3) is 0.333. The fourth-order valence-corrected chi connectivity index (χ4v) is 1.35. The van der Waals surface area contributed by atoms with Gasteiger partial charge in [0.2, 0.25) is 0 Å². The molecule has 0 fully saturated rings. The summed E-state index contributed by atoms with van der Waals surface area (Å²) in [7, 11) is 0. The molecular formula is C9H12N2OS. The Morgan fingerprint density at radius 2 is 2.38 bits per heavy atom. The second-order valence-corrected chi connectivity index (χ2v) is 3.41. The number of rotatable bonds is 3. The van der Waals surface area contributed by atoms with Gasteiger partial charge in [0, 0.05) is 5.69 Å². The molecule has 1 aromatic heterocycles. The van der Waals surface area contributed by atoms with Crippen LogP contribution >= 0.6 is 12.2 Å². The van der Waals surface area contributed by atoms with Crippen molar-refractivity contribution in [1.29, 1.82) is 0 Å². The molecule has 0 aliphatic rings. The number of H-pyrrole nitrogens is 2. The van der Waals surface area contributed by atoms with Crippen LogP contribution in [0.4, 0.5) is 0 Å². The van der Waals surface area contributed by atoms with Gasteiger partial charge >= 0.3 is 5.69 Å². The standard InChI is InChI=1S/C9H12N2OS/c1-3-4-6(2)7-5-8(13)11-9(12)10-7/h3,5-6H,1,4H2,2H3,(H2,10,11,12,13). The first-order chi connectivity index (χ1) is 6.13. The molecule has 70 valence electrons. The summed E-state index contributed by atoms with van der Waals surface area (Å²) < 4.78 is 0.467. The highest BCUT2D eigenvalue weighted by atomic mass is 32.1. The maximum atomic E-state index is 11.0. The maximum absolute atomic E-state index is 11.0. The summed E-state index contributed by atoms with van der Waals surface area (Å²) in [6.45, 7) is 5.66. The molecule has 13 heavy (non-hydrogen) atoms. The molecule has 1 aromatic rings. The molecule has 1 atom stereocenters. The lowest BCUT2D eigenvalue weighted by Gasteiger charge is -2.07. The molecule has 0 aliphatic carbocycles. The van der Waals surface area contributed by atoms with E-state index in [1.165, 1.54) is 0 Å². The first kappa shape index (κ1) is 9.92. The van der Waals surface area contributed by atoms with E-state index in [2.05, 4.69) is 16.5 Å². The summed E-state index contributed by atoms with van der Waals surface area (Å²) in [6.07, 6.45) is 2.65. The van der Waals surface area contributed by atoms with Crippen molar-refractivity contribution >= 4 is 12.2 Å². The van der Waals surface area contributed by atoms with Crippen molar-refractivity contribution in [2.24, 2.45) is 0 Å². The van der Waals surface area contributed by atoms with Gasteiger partial charge in [0.1, 0.15) is 4.64 Å². The van der Waals surface area contributed by atoms with E-state index in [4.69, 9.17) is 12.2 Å². The third-order valence-electron chi connectivity index (χ3n) is 1.83. The van der Waals surface area contributed by atoms with E-state index in [-0.39, 0.29) is 11.6 Å². The van der Waals surface area contributed by atoms with Crippen molar-refractivity contribution in [3.05, 3.63) is 39.5 Å². The second-order valence-electron chi connectivity index (χ2n) is 2.97. The van der Waals surface area contributed by atoms with Crippen molar-refractivity contribution in [1.82, 2.24) is 9.97 Å². The van der Waals surface area contributed by atoms with Gasteiger partial charge in [-0.15, -0.1) is 6.58 Å². The Balaban J connectivity index is 3.07. The third kappa shape index (κ3) is 2.66. The number of hydrogen-bond acceptors (Lipinski definition) is 2. The van der Waals surface area contributed by atoms with Crippen LogP contribution in [-0.2, 0) is 0 Å². The highest BCUT2D eigenvalue weighted by Gasteiger charge is 2.03. The van der Waals surface area contributed by atoms with Gasteiger partial charge in [0.05, 0.1) is 0 Å². The molecule has 0 amide bonds. The van der Waals surface area contributed by atoms with Crippen LogP contribution < -0.4 is 5.69 Å². The SMILES string of the molecule is C=CCC(C)c1cc(=S)[nH]c(=O)[nH]1. The van der Waals surface area contributed by atoms with E-state index in [1.807, 2.05) is 13.0 Å².